The highest BCUT2D eigenvalue weighted by atomic mass is 16.1. The third-order valence-corrected chi connectivity index (χ3v) is 4.04. The van der Waals surface area contributed by atoms with Crippen molar-refractivity contribution in [3.05, 3.63) is 89.6 Å². The lowest BCUT2D eigenvalue weighted by Crippen LogP contribution is -2.16. The van der Waals surface area contributed by atoms with Crippen LogP contribution in [0.15, 0.2) is 72.9 Å². The van der Waals surface area contributed by atoms with Crippen molar-refractivity contribution in [3.8, 4) is 0 Å². The predicted octanol–water partition coefficient (Wildman–Crippen LogP) is 3.26. The molecule has 0 aliphatic rings. The summed E-state index contributed by atoms with van der Waals surface area (Å²) in [6.07, 6.45) is 2.49. The monoisotopic (exact) mass is 346 g/mol. The summed E-state index contributed by atoms with van der Waals surface area (Å²) in [6.45, 7) is 1.78. The summed E-state index contributed by atoms with van der Waals surface area (Å²) in [6, 6.07) is 22.0. The average Bonchev–Trinajstić information content (AvgIpc) is 2.68. The third-order valence-electron chi connectivity index (χ3n) is 4.04. The second-order valence-corrected chi connectivity index (χ2v) is 6.03. The number of amides is 1. The van der Waals surface area contributed by atoms with Crippen LogP contribution in [0.5, 0.6) is 0 Å². The summed E-state index contributed by atoms with van der Waals surface area (Å²) in [7, 11) is 0. The lowest BCUT2D eigenvalue weighted by Gasteiger charge is -2.08. The van der Waals surface area contributed by atoms with Crippen molar-refractivity contribution in [1.29, 1.82) is 0 Å². The lowest BCUT2D eigenvalue weighted by atomic mass is 10.1. The molecule has 3 rings (SSSR count). The molecule has 0 aliphatic carbocycles. The maximum absolute atomic E-state index is 11.1. The summed E-state index contributed by atoms with van der Waals surface area (Å²) in [4.78, 5) is 15.2. The van der Waals surface area contributed by atoms with Gasteiger partial charge in [-0.3, -0.25) is 4.79 Å². The fourth-order valence-electron chi connectivity index (χ4n) is 2.58. The number of nitrogens with one attached hydrogen (secondary N) is 2. The maximum atomic E-state index is 11.1. The van der Waals surface area contributed by atoms with Crippen LogP contribution in [0, 0.1) is 0 Å². The second-order valence-electron chi connectivity index (χ2n) is 6.03. The van der Waals surface area contributed by atoms with Gasteiger partial charge in [-0.15, -0.1) is 0 Å². The Morgan fingerprint density at radius 1 is 0.923 bits per heavy atom. The molecular weight excluding hydrogens is 324 g/mol. The van der Waals surface area contributed by atoms with Gasteiger partial charge in [-0.1, -0.05) is 42.5 Å². The Kier molecular flexibility index (Phi) is 5.96. The largest absolute Gasteiger partial charge is 0.366 e. The van der Waals surface area contributed by atoms with E-state index < -0.39 is 5.91 Å². The van der Waals surface area contributed by atoms with Crippen molar-refractivity contribution in [1.82, 2.24) is 10.3 Å². The number of hydrogen-bond acceptors (Lipinski definition) is 4. The molecule has 132 valence electrons. The van der Waals surface area contributed by atoms with Crippen molar-refractivity contribution >= 4 is 17.4 Å². The minimum absolute atomic E-state index is 0.396. The molecule has 3 aromatic rings. The molecule has 0 atom stereocenters. The Hall–Kier alpha value is -3.18. The van der Waals surface area contributed by atoms with Gasteiger partial charge in [-0.2, -0.15) is 0 Å². The summed E-state index contributed by atoms with van der Waals surface area (Å²) in [5, 5.41) is 6.66. The van der Waals surface area contributed by atoms with E-state index in [1.54, 1.807) is 12.1 Å². The number of pyridine rings is 1. The Morgan fingerprint density at radius 2 is 1.69 bits per heavy atom. The van der Waals surface area contributed by atoms with Gasteiger partial charge in [0.15, 0.2) is 0 Å². The van der Waals surface area contributed by atoms with Crippen LogP contribution in [-0.4, -0.2) is 17.4 Å². The topological polar surface area (TPSA) is 80.0 Å². The Bertz CT molecular complexity index is 830. The molecule has 0 radical (unpaired) electrons. The number of primary amides is 1. The number of anilines is 2. The van der Waals surface area contributed by atoms with E-state index in [9.17, 15) is 4.79 Å². The van der Waals surface area contributed by atoms with Crippen molar-refractivity contribution in [2.24, 2.45) is 5.73 Å². The van der Waals surface area contributed by atoms with Gasteiger partial charge in [0.05, 0.1) is 5.56 Å². The summed E-state index contributed by atoms with van der Waals surface area (Å²) in [5.74, 6) is 0.192. The van der Waals surface area contributed by atoms with Gasteiger partial charge in [0, 0.05) is 18.4 Å². The van der Waals surface area contributed by atoms with Crippen LogP contribution >= 0.6 is 0 Å². The van der Waals surface area contributed by atoms with Crippen LogP contribution in [0.25, 0.3) is 0 Å². The van der Waals surface area contributed by atoms with E-state index in [-0.39, 0.29) is 0 Å². The molecular formula is C21H22N4O. The molecule has 1 heterocycles. The molecule has 2 aromatic carbocycles. The van der Waals surface area contributed by atoms with Crippen molar-refractivity contribution in [3.63, 3.8) is 0 Å². The minimum Gasteiger partial charge on any atom is -0.366 e. The van der Waals surface area contributed by atoms with Crippen LogP contribution in [0.3, 0.4) is 0 Å². The van der Waals surface area contributed by atoms with Crippen LogP contribution in [0.4, 0.5) is 11.5 Å². The second kappa shape index (κ2) is 8.78. The molecule has 4 N–H and O–H groups in total. The van der Waals surface area contributed by atoms with E-state index in [2.05, 4.69) is 52.0 Å². The molecule has 1 amide bonds. The highest BCUT2D eigenvalue weighted by Crippen LogP contribution is 2.15. The van der Waals surface area contributed by atoms with Crippen molar-refractivity contribution in [2.45, 2.75) is 13.0 Å². The van der Waals surface area contributed by atoms with E-state index in [0.29, 0.717) is 11.4 Å². The van der Waals surface area contributed by atoms with Gasteiger partial charge in [-0.05, 0) is 48.4 Å². The van der Waals surface area contributed by atoms with Gasteiger partial charge < -0.3 is 16.4 Å². The number of nitrogens with zero attached hydrogens (tertiary/aromatic N) is 1. The molecule has 26 heavy (non-hydrogen) atoms. The first kappa shape index (κ1) is 17.6. The van der Waals surface area contributed by atoms with Crippen molar-refractivity contribution < 1.29 is 4.79 Å². The molecule has 0 aliphatic heterocycles. The Morgan fingerprint density at radius 3 is 2.35 bits per heavy atom. The average molecular weight is 346 g/mol. The summed E-state index contributed by atoms with van der Waals surface area (Å²) in [5.41, 5.74) is 9.11. The summed E-state index contributed by atoms with van der Waals surface area (Å²) < 4.78 is 0. The lowest BCUT2D eigenvalue weighted by molar-refractivity contribution is 0.1000. The normalized spacial score (nSPS) is 10.5. The number of benzene rings is 2. The number of carbonyl (C=O) groups excluding carboxylic acids is 1. The van der Waals surface area contributed by atoms with Crippen molar-refractivity contribution in [2.75, 3.05) is 11.9 Å². The number of hydrogen-bond donors (Lipinski definition) is 3. The molecule has 0 fully saturated rings. The van der Waals surface area contributed by atoms with Gasteiger partial charge in [-0.25, -0.2) is 4.98 Å². The van der Waals surface area contributed by atoms with Crippen LogP contribution in [0.2, 0.25) is 0 Å². The molecule has 0 bridgehead atoms. The van der Waals surface area contributed by atoms with E-state index >= 15 is 0 Å². The standard InChI is InChI=1S/C21H22N4O/c22-21(26)18-8-11-20(24-15-18)25-19-9-6-17(7-10-19)14-23-13-12-16-4-2-1-3-5-16/h1-11,15,23H,12-14H2,(H2,22,26)(H,24,25). The van der Waals surface area contributed by atoms with Crippen LogP contribution in [-0.2, 0) is 13.0 Å². The van der Waals surface area contributed by atoms with Gasteiger partial charge in [0.2, 0.25) is 5.91 Å². The van der Waals surface area contributed by atoms with Gasteiger partial charge in [0.25, 0.3) is 0 Å². The first-order valence-electron chi connectivity index (χ1n) is 8.57. The summed E-state index contributed by atoms with van der Waals surface area (Å²) >= 11 is 0. The third kappa shape index (κ3) is 5.16. The van der Waals surface area contributed by atoms with E-state index in [1.807, 2.05) is 18.2 Å². The maximum Gasteiger partial charge on any atom is 0.250 e. The van der Waals surface area contributed by atoms with Gasteiger partial charge in [0.1, 0.15) is 5.82 Å². The molecule has 0 spiro atoms. The number of nitrogens with two attached hydrogens (primary N) is 1. The predicted molar refractivity (Wildman–Crippen MR) is 104 cm³/mol. The zero-order valence-corrected chi connectivity index (χ0v) is 14.5. The fourth-order valence-corrected chi connectivity index (χ4v) is 2.58. The fraction of sp³-hybridized carbons (Fsp3) is 0.143. The SMILES string of the molecule is NC(=O)c1ccc(Nc2ccc(CNCCc3ccccc3)cc2)nc1. The van der Waals surface area contributed by atoms with Gasteiger partial charge >= 0.3 is 0 Å². The first-order chi connectivity index (χ1) is 12.7. The number of rotatable bonds is 8. The number of aromatic nitrogens is 1. The first-order valence-corrected chi connectivity index (χ1v) is 8.57. The zero-order chi connectivity index (χ0) is 18.2. The quantitative estimate of drug-likeness (QED) is 0.547. The molecule has 5 heteroatoms. The van der Waals surface area contributed by atoms with Crippen LogP contribution in [0.1, 0.15) is 21.5 Å². The highest BCUT2D eigenvalue weighted by Gasteiger charge is 2.02. The molecule has 0 saturated heterocycles. The smallest absolute Gasteiger partial charge is 0.250 e. The molecule has 5 nitrogen and oxygen atoms in total. The molecule has 0 saturated carbocycles. The zero-order valence-electron chi connectivity index (χ0n) is 14.5. The number of carbonyl (C=O) groups is 1. The van der Waals surface area contributed by atoms with E-state index in [0.717, 1.165) is 25.2 Å². The molecule has 1 aromatic heterocycles. The van der Waals surface area contributed by atoms with Crippen LogP contribution < -0.4 is 16.4 Å². The molecule has 0 unspecified atom stereocenters. The minimum atomic E-state index is -0.479. The van der Waals surface area contributed by atoms with E-state index in [4.69, 9.17) is 5.73 Å². The highest BCUT2D eigenvalue weighted by molar-refractivity contribution is 5.92. The Balaban J connectivity index is 1.46. The Labute approximate surface area is 153 Å². The van der Waals surface area contributed by atoms with E-state index in [1.165, 1.54) is 17.3 Å².